The molecule has 4 aromatic rings. The second-order valence-electron chi connectivity index (χ2n) is 6.41. The van der Waals surface area contributed by atoms with Gasteiger partial charge in [0.25, 0.3) is 0 Å². The number of esters is 1. The first-order valence-corrected chi connectivity index (χ1v) is 8.99. The number of anilines is 3. The number of rotatable bonds is 7. The van der Waals surface area contributed by atoms with Crippen LogP contribution in [0, 0.1) is 0 Å². The highest BCUT2D eigenvalue weighted by Crippen LogP contribution is 2.28. The molecule has 0 atom stereocenters. The van der Waals surface area contributed by atoms with E-state index in [0.29, 0.717) is 25.2 Å². The molecule has 3 aromatic heterocycles. The number of carbonyl (C=O) groups is 1. The number of aromatic nitrogens is 5. The molecule has 4 rings (SSSR count). The Bertz CT molecular complexity index is 1130. The van der Waals surface area contributed by atoms with E-state index in [2.05, 4.69) is 35.7 Å². The molecule has 0 spiro atoms. The standard InChI is InChI=1S/C19H21N7O2/c1-26-15-11-12(22-19-17-14(23-24-19)5-3-9-20-17)7-8-13(15)18(25-26)21-10-4-6-16(27)28-2/h3,5,7-9,11H,4,6,10H2,1-2H3,(H,21,25)(H2,22,23,24). The number of aromatic amines is 1. The maximum Gasteiger partial charge on any atom is 0.305 e. The van der Waals surface area contributed by atoms with Gasteiger partial charge >= 0.3 is 5.97 Å². The monoisotopic (exact) mass is 379 g/mol. The van der Waals surface area contributed by atoms with Crippen molar-refractivity contribution >= 4 is 45.2 Å². The Balaban J connectivity index is 1.51. The van der Waals surface area contributed by atoms with Crippen LogP contribution in [0.2, 0.25) is 0 Å². The van der Waals surface area contributed by atoms with Crippen LogP contribution in [-0.2, 0) is 16.6 Å². The molecular weight excluding hydrogens is 358 g/mol. The summed E-state index contributed by atoms with van der Waals surface area (Å²) in [6.45, 7) is 0.645. The molecule has 28 heavy (non-hydrogen) atoms. The van der Waals surface area contributed by atoms with Gasteiger partial charge in [0.05, 0.1) is 18.1 Å². The van der Waals surface area contributed by atoms with Crippen molar-refractivity contribution < 1.29 is 9.53 Å². The maximum atomic E-state index is 11.2. The number of aryl methyl sites for hydroxylation is 1. The summed E-state index contributed by atoms with van der Waals surface area (Å²) in [5, 5.41) is 19.4. The van der Waals surface area contributed by atoms with Gasteiger partial charge in [0.2, 0.25) is 0 Å². The Labute approximate surface area is 161 Å². The molecule has 0 saturated carbocycles. The molecule has 144 valence electrons. The SMILES string of the molecule is COC(=O)CCCNc1nn(C)c2cc(Nc3n[nH]c4cccnc34)ccc12. The van der Waals surface area contributed by atoms with Gasteiger partial charge in [0, 0.05) is 37.3 Å². The van der Waals surface area contributed by atoms with Gasteiger partial charge in [0.15, 0.2) is 11.6 Å². The minimum atomic E-state index is -0.205. The van der Waals surface area contributed by atoms with Crippen molar-refractivity contribution in [1.82, 2.24) is 25.0 Å². The van der Waals surface area contributed by atoms with Crippen LogP contribution in [0.5, 0.6) is 0 Å². The minimum absolute atomic E-state index is 0.205. The summed E-state index contributed by atoms with van der Waals surface area (Å²) in [4.78, 5) is 15.6. The van der Waals surface area contributed by atoms with Gasteiger partial charge in [-0.2, -0.15) is 10.2 Å². The van der Waals surface area contributed by atoms with Crippen LogP contribution in [0.15, 0.2) is 36.5 Å². The van der Waals surface area contributed by atoms with Crippen molar-refractivity contribution in [2.75, 3.05) is 24.3 Å². The van der Waals surface area contributed by atoms with Gasteiger partial charge in [-0.15, -0.1) is 0 Å². The predicted octanol–water partition coefficient (Wildman–Crippen LogP) is 2.95. The predicted molar refractivity (Wildman–Crippen MR) is 108 cm³/mol. The van der Waals surface area contributed by atoms with E-state index in [0.717, 1.165) is 33.4 Å². The first-order chi connectivity index (χ1) is 13.7. The quantitative estimate of drug-likeness (QED) is 0.334. The molecular formula is C19H21N7O2. The van der Waals surface area contributed by atoms with Crippen molar-refractivity contribution in [2.24, 2.45) is 7.05 Å². The molecule has 0 amide bonds. The number of methoxy groups -OCH3 is 1. The third-order valence-corrected chi connectivity index (χ3v) is 4.51. The van der Waals surface area contributed by atoms with Crippen LogP contribution in [0.4, 0.5) is 17.3 Å². The highest BCUT2D eigenvalue weighted by atomic mass is 16.5. The third-order valence-electron chi connectivity index (χ3n) is 4.51. The molecule has 3 heterocycles. The lowest BCUT2D eigenvalue weighted by Gasteiger charge is -2.05. The van der Waals surface area contributed by atoms with Gasteiger partial charge < -0.3 is 15.4 Å². The van der Waals surface area contributed by atoms with E-state index in [9.17, 15) is 4.79 Å². The molecule has 0 fully saturated rings. The second kappa shape index (κ2) is 7.55. The van der Waals surface area contributed by atoms with Gasteiger partial charge in [0.1, 0.15) is 5.52 Å². The Hall–Kier alpha value is -3.62. The van der Waals surface area contributed by atoms with Crippen molar-refractivity contribution in [1.29, 1.82) is 0 Å². The zero-order valence-electron chi connectivity index (χ0n) is 15.7. The Kier molecular flexibility index (Phi) is 4.79. The Morgan fingerprint density at radius 3 is 3.04 bits per heavy atom. The first-order valence-electron chi connectivity index (χ1n) is 8.99. The highest BCUT2D eigenvalue weighted by Gasteiger charge is 2.11. The highest BCUT2D eigenvalue weighted by molar-refractivity contribution is 5.94. The lowest BCUT2D eigenvalue weighted by atomic mass is 10.2. The molecule has 0 radical (unpaired) electrons. The first kappa shape index (κ1) is 17.8. The van der Waals surface area contributed by atoms with Crippen LogP contribution in [-0.4, -0.2) is 44.6 Å². The fourth-order valence-corrected chi connectivity index (χ4v) is 3.08. The number of nitrogens with one attached hydrogen (secondary N) is 3. The largest absolute Gasteiger partial charge is 0.469 e. The van der Waals surface area contributed by atoms with Crippen LogP contribution >= 0.6 is 0 Å². The number of fused-ring (bicyclic) bond motifs is 2. The molecule has 0 aliphatic rings. The summed E-state index contributed by atoms with van der Waals surface area (Å²) in [5.41, 5.74) is 3.55. The van der Waals surface area contributed by atoms with E-state index in [4.69, 9.17) is 0 Å². The van der Waals surface area contributed by atoms with Crippen molar-refractivity contribution in [2.45, 2.75) is 12.8 Å². The van der Waals surface area contributed by atoms with Crippen molar-refractivity contribution in [3.05, 3.63) is 36.5 Å². The van der Waals surface area contributed by atoms with E-state index in [1.165, 1.54) is 7.11 Å². The number of pyridine rings is 1. The van der Waals surface area contributed by atoms with Crippen molar-refractivity contribution in [3.63, 3.8) is 0 Å². The molecule has 0 aliphatic carbocycles. The molecule has 9 nitrogen and oxygen atoms in total. The van der Waals surface area contributed by atoms with E-state index in [-0.39, 0.29) is 5.97 Å². The molecule has 0 bridgehead atoms. The molecule has 0 unspecified atom stereocenters. The zero-order chi connectivity index (χ0) is 19.5. The number of hydrogen-bond donors (Lipinski definition) is 3. The second-order valence-corrected chi connectivity index (χ2v) is 6.41. The van der Waals surface area contributed by atoms with Crippen molar-refractivity contribution in [3.8, 4) is 0 Å². The maximum absolute atomic E-state index is 11.2. The Morgan fingerprint density at radius 2 is 2.18 bits per heavy atom. The van der Waals surface area contributed by atoms with Crippen LogP contribution in [0.25, 0.3) is 21.9 Å². The Morgan fingerprint density at radius 1 is 1.29 bits per heavy atom. The number of ether oxygens (including phenoxy) is 1. The number of nitrogens with zero attached hydrogens (tertiary/aromatic N) is 4. The summed E-state index contributed by atoms with van der Waals surface area (Å²) in [6.07, 6.45) is 2.81. The lowest BCUT2D eigenvalue weighted by Crippen LogP contribution is -2.07. The van der Waals surface area contributed by atoms with Gasteiger partial charge in [-0.1, -0.05) is 0 Å². The summed E-state index contributed by atoms with van der Waals surface area (Å²) < 4.78 is 6.48. The third kappa shape index (κ3) is 3.46. The molecule has 3 N–H and O–H groups in total. The van der Waals surface area contributed by atoms with Crippen LogP contribution < -0.4 is 10.6 Å². The average molecular weight is 379 g/mol. The van der Waals surface area contributed by atoms with E-state index in [1.807, 2.05) is 42.1 Å². The lowest BCUT2D eigenvalue weighted by molar-refractivity contribution is -0.140. The number of carbonyl (C=O) groups excluding carboxylic acids is 1. The number of benzene rings is 1. The van der Waals surface area contributed by atoms with Gasteiger partial charge in [-0.05, 0) is 36.8 Å². The normalized spacial score (nSPS) is 11.1. The topological polar surface area (TPSA) is 110 Å². The number of hydrogen-bond acceptors (Lipinski definition) is 7. The molecule has 9 heteroatoms. The summed E-state index contributed by atoms with van der Waals surface area (Å²) in [5.74, 6) is 1.27. The minimum Gasteiger partial charge on any atom is -0.469 e. The fraction of sp³-hybridized carbons (Fsp3) is 0.263. The summed E-state index contributed by atoms with van der Waals surface area (Å²) in [7, 11) is 3.30. The fourth-order valence-electron chi connectivity index (χ4n) is 3.08. The van der Waals surface area contributed by atoms with Gasteiger partial charge in [-0.25, -0.2) is 0 Å². The summed E-state index contributed by atoms with van der Waals surface area (Å²) >= 11 is 0. The van der Waals surface area contributed by atoms with E-state index < -0.39 is 0 Å². The average Bonchev–Trinajstić information content (AvgIpc) is 3.26. The molecule has 0 aliphatic heterocycles. The summed E-state index contributed by atoms with van der Waals surface area (Å²) in [6, 6.07) is 9.81. The van der Waals surface area contributed by atoms with E-state index in [1.54, 1.807) is 6.20 Å². The van der Waals surface area contributed by atoms with Crippen LogP contribution in [0.1, 0.15) is 12.8 Å². The zero-order valence-corrected chi connectivity index (χ0v) is 15.7. The van der Waals surface area contributed by atoms with Gasteiger partial charge in [-0.3, -0.25) is 19.6 Å². The van der Waals surface area contributed by atoms with E-state index >= 15 is 0 Å². The van der Waals surface area contributed by atoms with Crippen LogP contribution in [0.3, 0.4) is 0 Å². The number of H-pyrrole nitrogens is 1. The molecule has 1 aromatic carbocycles. The molecule has 0 saturated heterocycles. The smallest absolute Gasteiger partial charge is 0.305 e.